The van der Waals surface area contributed by atoms with Crippen molar-refractivity contribution in [3.63, 3.8) is 0 Å². The lowest BCUT2D eigenvalue weighted by Crippen LogP contribution is -2.52. The quantitative estimate of drug-likeness (QED) is 0.776. The Hall–Kier alpha value is -0.120. The highest BCUT2D eigenvalue weighted by Crippen LogP contribution is 2.38. The van der Waals surface area contributed by atoms with Crippen LogP contribution in [0.2, 0.25) is 0 Å². The summed E-state index contributed by atoms with van der Waals surface area (Å²) in [5, 5.41) is 10.1. The van der Waals surface area contributed by atoms with Crippen molar-refractivity contribution in [2.75, 3.05) is 13.1 Å². The smallest absolute Gasteiger partial charge is 0.0566 e. The molecule has 1 aliphatic carbocycles. The molecule has 2 rings (SSSR count). The minimum absolute atomic E-state index is 0.168. The highest BCUT2D eigenvalue weighted by molar-refractivity contribution is 4.92. The van der Waals surface area contributed by atoms with Gasteiger partial charge in [0.25, 0.3) is 0 Å². The molecule has 0 aromatic carbocycles. The van der Waals surface area contributed by atoms with Gasteiger partial charge in [-0.05, 0) is 49.9 Å². The van der Waals surface area contributed by atoms with Gasteiger partial charge in [-0.1, -0.05) is 20.8 Å². The van der Waals surface area contributed by atoms with Crippen LogP contribution in [0, 0.1) is 17.8 Å². The number of hydrogen-bond donors (Lipinski definition) is 2. The molecule has 2 aliphatic rings. The Labute approximate surface area is 118 Å². The number of piperidine rings is 1. The molecule has 0 bridgehead atoms. The van der Waals surface area contributed by atoms with Crippen LogP contribution >= 0.6 is 0 Å². The Morgan fingerprint density at radius 1 is 1.26 bits per heavy atom. The molecule has 0 radical (unpaired) electrons. The normalized spacial score (nSPS) is 32.5. The molecule has 3 heteroatoms. The molecule has 0 aromatic heterocycles. The van der Waals surface area contributed by atoms with Crippen molar-refractivity contribution >= 4 is 0 Å². The van der Waals surface area contributed by atoms with Crippen LogP contribution in [-0.2, 0) is 0 Å². The summed E-state index contributed by atoms with van der Waals surface area (Å²) in [6, 6.07) is 1.04. The van der Waals surface area contributed by atoms with Gasteiger partial charge >= 0.3 is 0 Å². The number of rotatable bonds is 6. The lowest BCUT2D eigenvalue weighted by Gasteiger charge is -2.41. The molecule has 0 spiro atoms. The van der Waals surface area contributed by atoms with Gasteiger partial charge in [-0.2, -0.15) is 0 Å². The van der Waals surface area contributed by atoms with Crippen LogP contribution in [-0.4, -0.2) is 41.3 Å². The minimum atomic E-state index is -0.168. The molecule has 1 aliphatic heterocycles. The Kier molecular flexibility index (Phi) is 5.27. The van der Waals surface area contributed by atoms with E-state index in [-0.39, 0.29) is 6.10 Å². The number of likely N-dealkylation sites (tertiary alicyclic amines) is 1. The summed E-state index contributed by atoms with van der Waals surface area (Å²) in [6.45, 7) is 8.71. The van der Waals surface area contributed by atoms with Gasteiger partial charge < -0.3 is 10.8 Å². The van der Waals surface area contributed by atoms with Crippen molar-refractivity contribution in [1.82, 2.24) is 4.90 Å². The molecule has 112 valence electrons. The molecule has 3 nitrogen and oxygen atoms in total. The molecule has 1 heterocycles. The maximum Gasteiger partial charge on any atom is 0.0566 e. The SMILES string of the molecule is CCC(C1CC1)N1CC(N)CC(CC(O)C(C)C)C1. The highest BCUT2D eigenvalue weighted by atomic mass is 16.3. The molecule has 1 saturated heterocycles. The average Bonchev–Trinajstić information content (AvgIpc) is 3.13. The summed E-state index contributed by atoms with van der Waals surface area (Å²) in [5.74, 6) is 1.86. The topological polar surface area (TPSA) is 49.5 Å². The maximum atomic E-state index is 10.1. The van der Waals surface area contributed by atoms with E-state index in [1.54, 1.807) is 0 Å². The van der Waals surface area contributed by atoms with Crippen molar-refractivity contribution in [2.45, 2.75) is 71.1 Å². The number of nitrogens with two attached hydrogens (primary N) is 1. The Bertz CT molecular complexity index is 278. The second kappa shape index (κ2) is 6.55. The number of hydrogen-bond acceptors (Lipinski definition) is 3. The minimum Gasteiger partial charge on any atom is -0.393 e. The predicted octanol–water partition coefficient (Wildman–Crippen LogP) is 2.23. The zero-order chi connectivity index (χ0) is 14.0. The van der Waals surface area contributed by atoms with Crippen LogP contribution in [0.1, 0.15) is 52.9 Å². The van der Waals surface area contributed by atoms with E-state index < -0.39 is 0 Å². The molecule has 2 fully saturated rings. The molecule has 1 saturated carbocycles. The van der Waals surface area contributed by atoms with E-state index in [9.17, 15) is 5.11 Å². The van der Waals surface area contributed by atoms with Crippen LogP contribution in [0.3, 0.4) is 0 Å². The van der Waals surface area contributed by atoms with Gasteiger partial charge in [-0.3, -0.25) is 4.90 Å². The first-order valence-electron chi connectivity index (χ1n) is 8.18. The standard InChI is InChI=1S/C16H32N2O/c1-4-15(13-5-6-13)18-9-12(7-14(17)10-18)8-16(19)11(2)3/h11-16,19H,4-10,17H2,1-3H3. The summed E-state index contributed by atoms with van der Waals surface area (Å²) in [4.78, 5) is 2.63. The third kappa shape index (κ3) is 4.17. The summed E-state index contributed by atoms with van der Waals surface area (Å²) in [6.07, 6.45) is 5.90. The van der Waals surface area contributed by atoms with E-state index in [4.69, 9.17) is 5.73 Å². The van der Waals surface area contributed by atoms with Crippen molar-refractivity contribution in [2.24, 2.45) is 23.5 Å². The van der Waals surface area contributed by atoms with Gasteiger partial charge in [0, 0.05) is 25.2 Å². The van der Waals surface area contributed by atoms with Crippen molar-refractivity contribution in [3.05, 3.63) is 0 Å². The van der Waals surface area contributed by atoms with E-state index in [1.165, 1.54) is 19.3 Å². The van der Waals surface area contributed by atoms with Gasteiger partial charge in [-0.25, -0.2) is 0 Å². The molecule has 0 amide bonds. The summed E-state index contributed by atoms with van der Waals surface area (Å²) in [5.41, 5.74) is 6.26. The lowest BCUT2D eigenvalue weighted by molar-refractivity contribution is 0.0465. The first-order chi connectivity index (χ1) is 9.01. The molecule has 4 atom stereocenters. The second-order valence-electron chi connectivity index (χ2n) is 7.18. The zero-order valence-electron chi connectivity index (χ0n) is 12.9. The fraction of sp³-hybridized carbons (Fsp3) is 1.00. The van der Waals surface area contributed by atoms with E-state index in [0.717, 1.165) is 37.9 Å². The van der Waals surface area contributed by atoms with Crippen molar-refractivity contribution in [1.29, 1.82) is 0 Å². The van der Waals surface area contributed by atoms with Gasteiger partial charge in [-0.15, -0.1) is 0 Å². The number of nitrogens with zero attached hydrogens (tertiary/aromatic N) is 1. The third-order valence-electron chi connectivity index (χ3n) is 5.00. The third-order valence-corrected chi connectivity index (χ3v) is 5.00. The van der Waals surface area contributed by atoms with E-state index in [0.29, 0.717) is 17.9 Å². The molecular formula is C16H32N2O. The molecule has 4 unspecified atom stereocenters. The molecular weight excluding hydrogens is 236 g/mol. The van der Waals surface area contributed by atoms with Crippen molar-refractivity contribution < 1.29 is 5.11 Å². The zero-order valence-corrected chi connectivity index (χ0v) is 12.9. The summed E-state index contributed by atoms with van der Waals surface area (Å²) in [7, 11) is 0. The second-order valence-corrected chi connectivity index (χ2v) is 7.18. The van der Waals surface area contributed by atoms with Gasteiger partial charge in [0.1, 0.15) is 0 Å². The van der Waals surface area contributed by atoms with E-state index >= 15 is 0 Å². The predicted molar refractivity (Wildman–Crippen MR) is 79.9 cm³/mol. The Morgan fingerprint density at radius 3 is 2.47 bits per heavy atom. The Morgan fingerprint density at radius 2 is 1.95 bits per heavy atom. The monoisotopic (exact) mass is 268 g/mol. The summed E-state index contributed by atoms with van der Waals surface area (Å²) < 4.78 is 0. The Balaban J connectivity index is 1.91. The number of aliphatic hydroxyl groups excluding tert-OH is 1. The first kappa shape index (κ1) is 15.3. The van der Waals surface area contributed by atoms with Crippen LogP contribution in [0.4, 0.5) is 0 Å². The lowest BCUT2D eigenvalue weighted by atomic mass is 9.86. The van der Waals surface area contributed by atoms with Crippen LogP contribution in [0.5, 0.6) is 0 Å². The molecule has 0 aromatic rings. The molecule has 19 heavy (non-hydrogen) atoms. The molecule has 3 N–H and O–H groups in total. The largest absolute Gasteiger partial charge is 0.393 e. The fourth-order valence-electron chi connectivity index (χ4n) is 3.71. The van der Waals surface area contributed by atoms with Gasteiger partial charge in [0.2, 0.25) is 0 Å². The van der Waals surface area contributed by atoms with Crippen LogP contribution < -0.4 is 5.73 Å². The van der Waals surface area contributed by atoms with Gasteiger partial charge in [0.15, 0.2) is 0 Å². The number of aliphatic hydroxyl groups is 1. The first-order valence-corrected chi connectivity index (χ1v) is 8.18. The highest BCUT2D eigenvalue weighted by Gasteiger charge is 2.37. The van der Waals surface area contributed by atoms with Gasteiger partial charge in [0.05, 0.1) is 6.10 Å². The van der Waals surface area contributed by atoms with Crippen molar-refractivity contribution in [3.8, 4) is 0 Å². The van der Waals surface area contributed by atoms with E-state index in [2.05, 4.69) is 25.7 Å². The average molecular weight is 268 g/mol. The van der Waals surface area contributed by atoms with Crippen LogP contribution in [0.25, 0.3) is 0 Å². The fourth-order valence-corrected chi connectivity index (χ4v) is 3.71. The van der Waals surface area contributed by atoms with Crippen LogP contribution in [0.15, 0.2) is 0 Å². The van der Waals surface area contributed by atoms with E-state index in [1.807, 2.05) is 0 Å². The summed E-state index contributed by atoms with van der Waals surface area (Å²) >= 11 is 0. The maximum absolute atomic E-state index is 10.1.